The van der Waals surface area contributed by atoms with E-state index in [0.29, 0.717) is 10.1 Å². The molecule has 0 spiro atoms. The monoisotopic (exact) mass is 331 g/mol. The van der Waals surface area contributed by atoms with E-state index in [2.05, 4.69) is 10.0 Å². The number of rotatable bonds is 5. The highest BCUT2D eigenvalue weighted by molar-refractivity contribution is 7.89. The first-order valence-electron chi connectivity index (χ1n) is 6.01. The van der Waals surface area contributed by atoms with Gasteiger partial charge in [-0.05, 0) is 25.2 Å². The van der Waals surface area contributed by atoms with Crippen LogP contribution in [0, 0.1) is 5.82 Å². The van der Waals surface area contributed by atoms with Crippen LogP contribution >= 0.6 is 11.3 Å². The Bertz CT molecular complexity index is 786. The summed E-state index contributed by atoms with van der Waals surface area (Å²) in [5, 5.41) is 2.96. The molecule has 0 aliphatic heterocycles. The zero-order valence-electron chi connectivity index (χ0n) is 11.1. The van der Waals surface area contributed by atoms with Gasteiger partial charge in [-0.2, -0.15) is 0 Å². The van der Waals surface area contributed by atoms with Gasteiger partial charge in [0.25, 0.3) is 5.91 Å². The van der Waals surface area contributed by atoms with E-state index in [4.69, 9.17) is 5.73 Å². The summed E-state index contributed by atoms with van der Waals surface area (Å²) in [5.74, 6) is -1.13. The van der Waals surface area contributed by atoms with Crippen molar-refractivity contribution in [3.63, 3.8) is 0 Å². The molecule has 21 heavy (non-hydrogen) atoms. The van der Waals surface area contributed by atoms with Gasteiger partial charge in [0.15, 0.2) is 0 Å². The number of anilines is 1. The first kappa shape index (κ1) is 15.7. The zero-order chi connectivity index (χ0) is 15.6. The average molecular weight is 331 g/mol. The summed E-state index contributed by atoms with van der Waals surface area (Å²) in [7, 11) is -2.08. The Morgan fingerprint density at radius 1 is 1.43 bits per heavy atom. The van der Waals surface area contributed by atoms with E-state index < -0.39 is 21.7 Å². The van der Waals surface area contributed by atoms with Crippen molar-refractivity contribution < 1.29 is 17.6 Å². The van der Waals surface area contributed by atoms with Crippen LogP contribution in [0.4, 0.5) is 10.1 Å². The third-order valence-electron chi connectivity index (χ3n) is 2.86. The highest BCUT2D eigenvalue weighted by atomic mass is 32.2. The van der Waals surface area contributed by atoms with Gasteiger partial charge in [-0.3, -0.25) is 4.79 Å². The molecule has 0 radical (unpaired) electrons. The van der Waals surface area contributed by atoms with Crippen molar-refractivity contribution in [2.75, 3.05) is 25.1 Å². The Balaban J connectivity index is 2.15. The molecule has 1 amide bonds. The molecule has 2 aromatic rings. The molecule has 9 heteroatoms. The van der Waals surface area contributed by atoms with Crippen molar-refractivity contribution in [3.8, 4) is 0 Å². The van der Waals surface area contributed by atoms with Gasteiger partial charge in [-0.1, -0.05) is 0 Å². The van der Waals surface area contributed by atoms with Crippen LogP contribution in [0.5, 0.6) is 0 Å². The Kier molecular flexibility index (Phi) is 4.45. The normalized spacial score (nSPS) is 11.7. The standard InChI is InChI=1S/C12H14FN3O3S2/c1-15-21(18,19)5-4-16-12(17)11-10(14)8-6-7(13)2-3-9(8)20-11/h2-3,6,15H,4-5,14H2,1H3,(H,16,17). The molecule has 0 saturated heterocycles. The molecule has 4 N–H and O–H groups in total. The van der Waals surface area contributed by atoms with Crippen LogP contribution in [-0.2, 0) is 10.0 Å². The average Bonchev–Trinajstić information content (AvgIpc) is 2.76. The molecule has 0 aliphatic rings. The molecule has 0 atom stereocenters. The number of hydrogen-bond acceptors (Lipinski definition) is 5. The third kappa shape index (κ3) is 3.49. The number of benzene rings is 1. The highest BCUT2D eigenvalue weighted by Crippen LogP contribution is 2.33. The molecule has 114 valence electrons. The molecular weight excluding hydrogens is 317 g/mol. The van der Waals surface area contributed by atoms with E-state index in [0.717, 1.165) is 11.3 Å². The van der Waals surface area contributed by atoms with Crippen LogP contribution in [0.1, 0.15) is 9.67 Å². The van der Waals surface area contributed by atoms with Gasteiger partial charge in [0.2, 0.25) is 10.0 Å². The predicted molar refractivity (Wildman–Crippen MR) is 81.4 cm³/mol. The molecule has 1 heterocycles. The number of nitrogens with one attached hydrogen (secondary N) is 2. The lowest BCUT2D eigenvalue weighted by molar-refractivity contribution is 0.0961. The number of nitrogen functional groups attached to an aromatic ring is 1. The summed E-state index contributed by atoms with van der Waals surface area (Å²) >= 11 is 1.14. The predicted octanol–water partition coefficient (Wildman–Crippen LogP) is 0.902. The van der Waals surface area contributed by atoms with Crippen LogP contribution in [-0.4, -0.2) is 33.7 Å². The Hall–Kier alpha value is -1.71. The highest BCUT2D eigenvalue weighted by Gasteiger charge is 2.17. The van der Waals surface area contributed by atoms with Crippen molar-refractivity contribution in [1.82, 2.24) is 10.0 Å². The maximum Gasteiger partial charge on any atom is 0.263 e. The van der Waals surface area contributed by atoms with Crippen molar-refractivity contribution >= 4 is 43.0 Å². The number of nitrogens with two attached hydrogens (primary N) is 1. The number of carbonyl (C=O) groups is 1. The Morgan fingerprint density at radius 3 is 2.81 bits per heavy atom. The molecule has 2 rings (SSSR count). The number of fused-ring (bicyclic) bond motifs is 1. The van der Waals surface area contributed by atoms with Crippen molar-refractivity contribution in [1.29, 1.82) is 0 Å². The fraction of sp³-hybridized carbons (Fsp3) is 0.250. The maximum atomic E-state index is 13.2. The van der Waals surface area contributed by atoms with Gasteiger partial charge in [0, 0.05) is 16.6 Å². The topological polar surface area (TPSA) is 101 Å². The summed E-state index contributed by atoms with van der Waals surface area (Å²) in [4.78, 5) is 12.3. The fourth-order valence-corrected chi connectivity index (χ4v) is 3.33. The first-order chi connectivity index (χ1) is 9.84. The third-order valence-corrected chi connectivity index (χ3v) is 5.41. The van der Waals surface area contributed by atoms with Gasteiger partial charge in [0.1, 0.15) is 10.7 Å². The molecule has 1 aromatic carbocycles. The van der Waals surface area contributed by atoms with Crippen LogP contribution in [0.3, 0.4) is 0 Å². The van der Waals surface area contributed by atoms with Gasteiger partial charge in [0.05, 0.1) is 11.4 Å². The fourth-order valence-electron chi connectivity index (χ4n) is 1.74. The van der Waals surface area contributed by atoms with Gasteiger partial charge >= 0.3 is 0 Å². The van der Waals surface area contributed by atoms with E-state index >= 15 is 0 Å². The lowest BCUT2D eigenvalue weighted by Crippen LogP contribution is -2.32. The van der Waals surface area contributed by atoms with Crippen LogP contribution in [0.25, 0.3) is 10.1 Å². The second-order valence-corrected chi connectivity index (χ2v) is 7.36. The smallest absolute Gasteiger partial charge is 0.263 e. The molecule has 0 unspecified atom stereocenters. The molecule has 1 aromatic heterocycles. The van der Waals surface area contributed by atoms with Crippen molar-refractivity contribution in [3.05, 3.63) is 28.9 Å². The minimum Gasteiger partial charge on any atom is -0.397 e. The maximum absolute atomic E-state index is 13.2. The van der Waals surface area contributed by atoms with E-state index in [-0.39, 0.29) is 22.9 Å². The Morgan fingerprint density at radius 2 is 2.14 bits per heavy atom. The number of halogens is 1. The van der Waals surface area contributed by atoms with Gasteiger partial charge in [-0.15, -0.1) is 11.3 Å². The van der Waals surface area contributed by atoms with E-state index in [9.17, 15) is 17.6 Å². The quantitative estimate of drug-likeness (QED) is 0.757. The number of thiophene rings is 1. The van der Waals surface area contributed by atoms with Crippen molar-refractivity contribution in [2.24, 2.45) is 0 Å². The summed E-state index contributed by atoms with van der Waals surface area (Å²) in [6.07, 6.45) is 0. The minimum absolute atomic E-state index is 0.0376. The lowest BCUT2D eigenvalue weighted by Gasteiger charge is -2.04. The SMILES string of the molecule is CNS(=O)(=O)CCNC(=O)c1sc2ccc(F)cc2c1N. The molecule has 0 bridgehead atoms. The number of amides is 1. The van der Waals surface area contributed by atoms with Crippen LogP contribution in [0.15, 0.2) is 18.2 Å². The van der Waals surface area contributed by atoms with E-state index in [1.165, 1.54) is 19.2 Å². The minimum atomic E-state index is -3.38. The lowest BCUT2D eigenvalue weighted by atomic mass is 10.2. The van der Waals surface area contributed by atoms with Crippen LogP contribution < -0.4 is 15.8 Å². The van der Waals surface area contributed by atoms with Gasteiger partial charge in [-0.25, -0.2) is 17.5 Å². The summed E-state index contributed by atoms with van der Waals surface area (Å²) < 4.78 is 38.5. The second kappa shape index (κ2) is 5.96. The summed E-state index contributed by atoms with van der Waals surface area (Å²) in [6, 6.07) is 4.11. The first-order valence-corrected chi connectivity index (χ1v) is 8.48. The van der Waals surface area contributed by atoms with Crippen LogP contribution in [0.2, 0.25) is 0 Å². The van der Waals surface area contributed by atoms with Gasteiger partial charge < -0.3 is 11.1 Å². The number of carbonyl (C=O) groups excluding carboxylic acids is 1. The van der Waals surface area contributed by atoms with E-state index in [1.807, 2.05) is 0 Å². The molecule has 6 nitrogen and oxygen atoms in total. The molecule has 0 fully saturated rings. The number of hydrogen-bond donors (Lipinski definition) is 3. The molecule has 0 aliphatic carbocycles. The Labute approximate surface area is 125 Å². The number of sulfonamides is 1. The molecular formula is C12H14FN3O3S2. The molecule has 0 saturated carbocycles. The summed E-state index contributed by atoms with van der Waals surface area (Å²) in [6.45, 7) is -0.0376. The second-order valence-electron chi connectivity index (χ2n) is 4.26. The van der Waals surface area contributed by atoms with Crippen molar-refractivity contribution in [2.45, 2.75) is 0 Å². The van der Waals surface area contributed by atoms with E-state index in [1.54, 1.807) is 6.07 Å². The zero-order valence-corrected chi connectivity index (χ0v) is 12.8. The summed E-state index contributed by atoms with van der Waals surface area (Å²) in [5.41, 5.74) is 6.04. The largest absolute Gasteiger partial charge is 0.397 e.